The zero-order valence-electron chi connectivity index (χ0n) is 16.3. The number of hydrogen-bond donors (Lipinski definition) is 2. The number of benzene rings is 2. The van der Waals surface area contributed by atoms with Gasteiger partial charge in [-0.25, -0.2) is 8.42 Å². The summed E-state index contributed by atoms with van der Waals surface area (Å²) in [6.07, 6.45) is 1.65. The van der Waals surface area contributed by atoms with Gasteiger partial charge in [-0.05, 0) is 37.0 Å². The molecule has 0 bridgehead atoms. The van der Waals surface area contributed by atoms with Crippen molar-refractivity contribution in [1.82, 2.24) is 10.6 Å². The molecule has 3 rings (SSSR count). The molecule has 0 fully saturated rings. The van der Waals surface area contributed by atoms with Crippen molar-refractivity contribution in [2.24, 2.45) is 4.99 Å². The van der Waals surface area contributed by atoms with Crippen LogP contribution in [0.4, 0.5) is 5.69 Å². The number of hydrogen-bond acceptors (Lipinski definition) is 3. The highest BCUT2D eigenvalue weighted by molar-refractivity contribution is 7.92. The van der Waals surface area contributed by atoms with Crippen LogP contribution in [-0.2, 0) is 22.9 Å². The molecule has 0 saturated heterocycles. The van der Waals surface area contributed by atoms with Gasteiger partial charge >= 0.3 is 0 Å². The van der Waals surface area contributed by atoms with Crippen molar-refractivity contribution < 1.29 is 8.42 Å². The predicted molar refractivity (Wildman–Crippen MR) is 115 cm³/mol. The minimum Gasteiger partial charge on any atom is -0.357 e. The van der Waals surface area contributed by atoms with E-state index in [-0.39, 0.29) is 12.3 Å². The van der Waals surface area contributed by atoms with Crippen molar-refractivity contribution in [3.63, 3.8) is 0 Å². The highest BCUT2D eigenvalue weighted by Crippen LogP contribution is 2.29. The Balaban J connectivity index is 1.54. The second-order valence-electron chi connectivity index (χ2n) is 6.69. The number of nitrogens with zero attached hydrogens (tertiary/aromatic N) is 2. The molecule has 2 aromatic rings. The lowest BCUT2D eigenvalue weighted by atomic mass is 10.1. The first kappa shape index (κ1) is 20.2. The highest BCUT2D eigenvalue weighted by atomic mass is 32.2. The van der Waals surface area contributed by atoms with Crippen molar-refractivity contribution >= 4 is 21.7 Å². The predicted octanol–water partition coefficient (Wildman–Crippen LogP) is 2.18. The van der Waals surface area contributed by atoms with E-state index in [0.717, 1.165) is 37.2 Å². The van der Waals surface area contributed by atoms with Gasteiger partial charge < -0.3 is 10.6 Å². The third-order valence-electron chi connectivity index (χ3n) is 4.69. The fraction of sp³-hybridized carbons (Fsp3) is 0.381. The largest absolute Gasteiger partial charge is 0.357 e. The van der Waals surface area contributed by atoms with Crippen molar-refractivity contribution in [2.45, 2.75) is 19.8 Å². The summed E-state index contributed by atoms with van der Waals surface area (Å²) in [6.45, 7) is 4.19. The topological polar surface area (TPSA) is 73.8 Å². The van der Waals surface area contributed by atoms with Crippen LogP contribution >= 0.6 is 0 Å². The summed E-state index contributed by atoms with van der Waals surface area (Å²) in [4.78, 5) is 4.45. The lowest BCUT2D eigenvalue weighted by Crippen LogP contribution is -2.39. The van der Waals surface area contributed by atoms with E-state index in [9.17, 15) is 8.42 Å². The molecule has 6 nitrogen and oxygen atoms in total. The standard InChI is InChI=1S/C21H28N4O2S/c1-2-22-21(23-14-12-18-8-4-3-5-9-18)24-15-17-28(26,27)25-16-13-19-10-6-7-11-20(19)25/h3-11H,2,12-17H2,1H3,(H2,22,23,24). The van der Waals surface area contributed by atoms with Crippen LogP contribution in [0.3, 0.4) is 0 Å². The SMILES string of the molecule is CCNC(=NCCS(=O)(=O)N1CCc2ccccc21)NCCc1ccccc1. The van der Waals surface area contributed by atoms with E-state index < -0.39 is 10.0 Å². The maximum atomic E-state index is 12.7. The van der Waals surface area contributed by atoms with E-state index in [1.54, 1.807) is 0 Å². The Hall–Kier alpha value is -2.54. The van der Waals surface area contributed by atoms with Crippen LogP contribution in [0, 0.1) is 0 Å². The van der Waals surface area contributed by atoms with Gasteiger partial charge in [0.05, 0.1) is 18.0 Å². The Morgan fingerprint density at radius 2 is 1.82 bits per heavy atom. The summed E-state index contributed by atoms with van der Waals surface area (Å²) in [5.74, 6) is 0.645. The van der Waals surface area contributed by atoms with Crippen LogP contribution in [0.1, 0.15) is 18.1 Å². The van der Waals surface area contributed by atoms with Gasteiger partial charge in [0.1, 0.15) is 0 Å². The smallest absolute Gasteiger partial charge is 0.237 e. The Morgan fingerprint density at radius 1 is 1.07 bits per heavy atom. The Bertz CT molecular complexity index is 898. The first-order valence-corrected chi connectivity index (χ1v) is 11.4. The average molecular weight is 401 g/mol. The van der Waals surface area contributed by atoms with Crippen molar-refractivity contribution in [3.05, 3.63) is 65.7 Å². The highest BCUT2D eigenvalue weighted by Gasteiger charge is 2.28. The number of nitrogens with one attached hydrogen (secondary N) is 2. The molecular formula is C21H28N4O2S. The van der Waals surface area contributed by atoms with E-state index >= 15 is 0 Å². The molecule has 0 aromatic heterocycles. The van der Waals surface area contributed by atoms with E-state index in [0.29, 0.717) is 12.5 Å². The van der Waals surface area contributed by atoms with Gasteiger partial charge in [-0.2, -0.15) is 0 Å². The summed E-state index contributed by atoms with van der Waals surface area (Å²) >= 11 is 0. The summed E-state index contributed by atoms with van der Waals surface area (Å²) in [5, 5.41) is 6.44. The van der Waals surface area contributed by atoms with Crippen LogP contribution in [0.2, 0.25) is 0 Å². The van der Waals surface area contributed by atoms with Gasteiger partial charge in [-0.1, -0.05) is 48.5 Å². The minimum absolute atomic E-state index is 0.00338. The minimum atomic E-state index is -3.38. The summed E-state index contributed by atoms with van der Waals surface area (Å²) in [5.41, 5.74) is 3.14. The molecule has 0 amide bonds. The molecule has 28 heavy (non-hydrogen) atoms. The van der Waals surface area contributed by atoms with E-state index in [1.165, 1.54) is 9.87 Å². The number of sulfonamides is 1. The second-order valence-corrected chi connectivity index (χ2v) is 8.70. The van der Waals surface area contributed by atoms with Gasteiger partial charge in [0.2, 0.25) is 10.0 Å². The second kappa shape index (κ2) is 9.59. The lowest BCUT2D eigenvalue weighted by Gasteiger charge is -2.19. The Labute approximate surface area is 167 Å². The van der Waals surface area contributed by atoms with Crippen molar-refractivity contribution in [2.75, 3.05) is 36.2 Å². The van der Waals surface area contributed by atoms with Crippen LogP contribution in [0.15, 0.2) is 59.6 Å². The number of fused-ring (bicyclic) bond motifs is 1. The number of para-hydroxylation sites is 1. The molecule has 0 spiro atoms. The average Bonchev–Trinajstić information content (AvgIpc) is 3.14. The number of aliphatic imine (C=N–C) groups is 1. The van der Waals surface area contributed by atoms with E-state index in [1.807, 2.05) is 49.4 Å². The van der Waals surface area contributed by atoms with Gasteiger partial charge in [-0.15, -0.1) is 0 Å². The fourth-order valence-electron chi connectivity index (χ4n) is 3.29. The van der Waals surface area contributed by atoms with Crippen LogP contribution < -0.4 is 14.9 Å². The van der Waals surface area contributed by atoms with Gasteiger partial charge in [0, 0.05) is 19.6 Å². The maximum absolute atomic E-state index is 12.7. The summed E-state index contributed by atoms with van der Waals surface area (Å²) in [7, 11) is -3.38. The molecule has 2 N–H and O–H groups in total. The molecule has 7 heteroatoms. The lowest BCUT2D eigenvalue weighted by molar-refractivity contribution is 0.592. The number of guanidine groups is 1. The normalized spacial score (nSPS) is 14.0. The zero-order valence-corrected chi connectivity index (χ0v) is 17.1. The molecule has 0 unspecified atom stereocenters. The molecule has 0 saturated carbocycles. The summed E-state index contributed by atoms with van der Waals surface area (Å²) in [6, 6.07) is 17.9. The van der Waals surface area contributed by atoms with Gasteiger partial charge in [0.25, 0.3) is 0 Å². The molecule has 0 aliphatic carbocycles. The summed E-state index contributed by atoms with van der Waals surface area (Å²) < 4.78 is 27.0. The number of anilines is 1. The van der Waals surface area contributed by atoms with Gasteiger partial charge in [-0.3, -0.25) is 9.30 Å². The Kier molecular flexibility index (Phi) is 6.92. The first-order valence-electron chi connectivity index (χ1n) is 9.74. The molecule has 2 aromatic carbocycles. The monoisotopic (exact) mass is 400 g/mol. The molecule has 150 valence electrons. The maximum Gasteiger partial charge on any atom is 0.237 e. The fourth-order valence-corrected chi connectivity index (χ4v) is 4.68. The third-order valence-corrected chi connectivity index (χ3v) is 6.44. The number of rotatable bonds is 8. The van der Waals surface area contributed by atoms with Gasteiger partial charge in [0.15, 0.2) is 5.96 Å². The quantitative estimate of drug-likeness (QED) is 0.526. The molecular weight excluding hydrogens is 372 g/mol. The van der Waals surface area contributed by atoms with Crippen molar-refractivity contribution in [1.29, 1.82) is 0 Å². The molecule has 1 heterocycles. The molecule has 0 radical (unpaired) electrons. The van der Waals surface area contributed by atoms with Crippen LogP contribution in [-0.4, -0.2) is 46.3 Å². The third kappa shape index (κ3) is 5.25. The molecule has 0 atom stereocenters. The van der Waals surface area contributed by atoms with E-state index in [4.69, 9.17) is 0 Å². The van der Waals surface area contributed by atoms with Crippen LogP contribution in [0.5, 0.6) is 0 Å². The molecule has 1 aliphatic rings. The first-order chi connectivity index (χ1) is 13.6. The zero-order chi connectivity index (χ0) is 19.8. The van der Waals surface area contributed by atoms with Crippen LogP contribution in [0.25, 0.3) is 0 Å². The van der Waals surface area contributed by atoms with E-state index in [2.05, 4.69) is 27.8 Å². The van der Waals surface area contributed by atoms with Crippen molar-refractivity contribution in [3.8, 4) is 0 Å². The Morgan fingerprint density at radius 3 is 2.61 bits per heavy atom. The molecule has 1 aliphatic heterocycles.